The Morgan fingerprint density at radius 3 is 2.11 bits per heavy atom. The molecule has 1 aromatic rings. The first-order valence-electron chi connectivity index (χ1n) is 5.04. The molecule has 7 heteroatoms. The molecule has 104 valence electrons. The van der Waals surface area contributed by atoms with E-state index in [4.69, 9.17) is 5.11 Å². The average molecular weight is 282 g/mol. The van der Waals surface area contributed by atoms with Crippen LogP contribution in [0.15, 0.2) is 18.2 Å². The maximum absolute atomic E-state index is 12.6. The highest BCUT2D eigenvalue weighted by atomic mass is 19.4. The molecule has 0 fully saturated rings. The molecule has 0 saturated carbocycles. The van der Waals surface area contributed by atoms with E-state index in [0.717, 1.165) is 0 Å². The van der Waals surface area contributed by atoms with Crippen LogP contribution >= 0.6 is 0 Å². The second-order valence-corrected chi connectivity index (χ2v) is 3.53. The number of aliphatic hydroxyl groups is 1. The SMILES string of the molecule is OCCC#Cc1cc(C(F)(F)F)ccc1C(F)(F)F. The molecule has 1 aromatic carbocycles. The molecule has 0 aliphatic carbocycles. The molecule has 0 aromatic heterocycles. The Bertz CT molecular complexity index is 504. The summed E-state index contributed by atoms with van der Waals surface area (Å²) in [6.45, 7) is -0.382. The van der Waals surface area contributed by atoms with Crippen LogP contribution in [-0.2, 0) is 12.4 Å². The number of rotatable bonds is 1. The fourth-order valence-electron chi connectivity index (χ4n) is 1.28. The smallest absolute Gasteiger partial charge is 0.395 e. The highest BCUT2D eigenvalue weighted by Gasteiger charge is 2.36. The van der Waals surface area contributed by atoms with Crippen molar-refractivity contribution in [2.75, 3.05) is 6.61 Å². The van der Waals surface area contributed by atoms with Crippen molar-refractivity contribution in [3.8, 4) is 11.8 Å². The van der Waals surface area contributed by atoms with Crippen LogP contribution in [0.25, 0.3) is 0 Å². The van der Waals surface area contributed by atoms with Crippen LogP contribution in [0, 0.1) is 11.8 Å². The summed E-state index contributed by atoms with van der Waals surface area (Å²) in [4.78, 5) is 0. The lowest BCUT2D eigenvalue weighted by Gasteiger charge is -2.12. The van der Waals surface area contributed by atoms with Gasteiger partial charge in [0.15, 0.2) is 0 Å². The van der Waals surface area contributed by atoms with Crippen molar-refractivity contribution < 1.29 is 31.4 Å². The first-order chi connectivity index (χ1) is 8.66. The maximum Gasteiger partial charge on any atom is 0.417 e. The number of halogens is 6. The number of hydrogen-bond donors (Lipinski definition) is 1. The first kappa shape index (κ1) is 15.4. The van der Waals surface area contributed by atoms with Crippen LogP contribution in [0.5, 0.6) is 0 Å². The van der Waals surface area contributed by atoms with Crippen molar-refractivity contribution >= 4 is 0 Å². The molecule has 0 spiro atoms. The van der Waals surface area contributed by atoms with Crippen molar-refractivity contribution in [2.45, 2.75) is 18.8 Å². The maximum atomic E-state index is 12.6. The van der Waals surface area contributed by atoms with Crippen LogP contribution in [-0.4, -0.2) is 11.7 Å². The van der Waals surface area contributed by atoms with Crippen LogP contribution in [0.4, 0.5) is 26.3 Å². The lowest BCUT2D eigenvalue weighted by molar-refractivity contribution is -0.141. The number of benzene rings is 1. The Balaban J connectivity index is 3.32. The Labute approximate surface area is 104 Å². The third-order valence-corrected chi connectivity index (χ3v) is 2.11. The Morgan fingerprint density at radius 1 is 1.00 bits per heavy atom. The summed E-state index contributed by atoms with van der Waals surface area (Å²) in [6.07, 6.45) is -9.64. The number of hydrogen-bond acceptors (Lipinski definition) is 1. The van der Waals surface area contributed by atoms with Crippen LogP contribution in [0.3, 0.4) is 0 Å². The largest absolute Gasteiger partial charge is 0.417 e. The van der Waals surface area contributed by atoms with Crippen molar-refractivity contribution in [1.82, 2.24) is 0 Å². The van der Waals surface area contributed by atoms with Crippen LogP contribution in [0.2, 0.25) is 0 Å². The lowest BCUT2D eigenvalue weighted by atomic mass is 10.0. The van der Waals surface area contributed by atoms with Crippen molar-refractivity contribution in [3.05, 3.63) is 34.9 Å². The summed E-state index contributed by atoms with van der Waals surface area (Å²) < 4.78 is 75.0. The first-order valence-corrected chi connectivity index (χ1v) is 5.04. The van der Waals surface area contributed by atoms with Gasteiger partial charge >= 0.3 is 12.4 Å². The van der Waals surface area contributed by atoms with Gasteiger partial charge in [0.2, 0.25) is 0 Å². The van der Waals surface area contributed by atoms with Gasteiger partial charge in [-0.2, -0.15) is 26.3 Å². The quantitative estimate of drug-likeness (QED) is 0.618. The predicted octanol–water partition coefficient (Wildman–Crippen LogP) is 3.46. The topological polar surface area (TPSA) is 20.2 Å². The highest BCUT2D eigenvalue weighted by Crippen LogP contribution is 2.36. The van der Waals surface area contributed by atoms with E-state index in [-0.39, 0.29) is 13.0 Å². The minimum Gasteiger partial charge on any atom is -0.395 e. The fraction of sp³-hybridized carbons (Fsp3) is 0.333. The molecule has 19 heavy (non-hydrogen) atoms. The van der Waals surface area contributed by atoms with E-state index < -0.39 is 29.0 Å². The van der Waals surface area contributed by atoms with Gasteiger partial charge in [0.05, 0.1) is 17.7 Å². The summed E-state index contributed by atoms with van der Waals surface area (Å²) in [5.41, 5.74) is -3.18. The van der Waals surface area contributed by atoms with Gasteiger partial charge in [-0.25, -0.2) is 0 Å². The molecular formula is C12H8F6O. The summed E-state index contributed by atoms with van der Waals surface area (Å²) in [5.74, 6) is 4.18. The Hall–Kier alpha value is -1.68. The molecule has 0 bridgehead atoms. The Morgan fingerprint density at radius 2 is 1.63 bits per heavy atom. The van der Waals surface area contributed by atoms with E-state index in [1.54, 1.807) is 0 Å². The zero-order valence-electron chi connectivity index (χ0n) is 9.36. The van der Waals surface area contributed by atoms with E-state index in [0.29, 0.717) is 18.2 Å². The molecule has 1 nitrogen and oxygen atoms in total. The van der Waals surface area contributed by atoms with E-state index >= 15 is 0 Å². The minimum absolute atomic E-state index is 0.118. The summed E-state index contributed by atoms with van der Waals surface area (Å²) in [7, 11) is 0. The van der Waals surface area contributed by atoms with Gasteiger partial charge in [-0.3, -0.25) is 0 Å². The van der Waals surface area contributed by atoms with Gasteiger partial charge in [-0.15, -0.1) is 0 Å². The minimum atomic E-state index is -4.78. The third kappa shape index (κ3) is 4.17. The lowest BCUT2D eigenvalue weighted by Crippen LogP contribution is -2.11. The molecule has 0 atom stereocenters. The van der Waals surface area contributed by atoms with Gasteiger partial charge in [-0.05, 0) is 18.2 Å². The van der Waals surface area contributed by atoms with Crippen LogP contribution in [0.1, 0.15) is 23.1 Å². The zero-order valence-corrected chi connectivity index (χ0v) is 9.36. The van der Waals surface area contributed by atoms with Gasteiger partial charge < -0.3 is 5.11 Å². The molecule has 0 saturated heterocycles. The fourth-order valence-corrected chi connectivity index (χ4v) is 1.28. The molecular weight excluding hydrogens is 274 g/mol. The van der Waals surface area contributed by atoms with Gasteiger partial charge in [0, 0.05) is 12.0 Å². The molecule has 0 amide bonds. The summed E-state index contributed by atoms with van der Waals surface area (Å²) in [6, 6.07) is 1.07. The van der Waals surface area contributed by atoms with E-state index in [2.05, 4.69) is 5.92 Å². The molecule has 0 radical (unpaired) electrons. The summed E-state index contributed by atoms with van der Waals surface area (Å²) in [5, 5.41) is 8.45. The molecule has 0 heterocycles. The van der Waals surface area contributed by atoms with Crippen LogP contribution < -0.4 is 0 Å². The number of aliphatic hydroxyl groups excluding tert-OH is 1. The second kappa shape index (κ2) is 5.53. The van der Waals surface area contributed by atoms with E-state index in [1.165, 1.54) is 0 Å². The molecule has 1 N–H and O–H groups in total. The monoisotopic (exact) mass is 282 g/mol. The number of alkyl halides is 6. The van der Waals surface area contributed by atoms with E-state index in [9.17, 15) is 26.3 Å². The zero-order chi connectivity index (χ0) is 14.7. The Kier molecular flexibility index (Phi) is 4.48. The van der Waals surface area contributed by atoms with Gasteiger partial charge in [0.25, 0.3) is 0 Å². The van der Waals surface area contributed by atoms with Crippen molar-refractivity contribution in [3.63, 3.8) is 0 Å². The van der Waals surface area contributed by atoms with Gasteiger partial charge in [-0.1, -0.05) is 11.8 Å². The predicted molar refractivity (Wildman–Crippen MR) is 55.0 cm³/mol. The van der Waals surface area contributed by atoms with Crippen molar-refractivity contribution in [2.24, 2.45) is 0 Å². The molecule has 0 aliphatic rings. The highest BCUT2D eigenvalue weighted by molar-refractivity contribution is 5.46. The molecule has 1 rings (SSSR count). The third-order valence-electron chi connectivity index (χ3n) is 2.11. The van der Waals surface area contributed by atoms with Crippen molar-refractivity contribution in [1.29, 1.82) is 0 Å². The standard InChI is InChI=1S/C12H8F6O/c13-11(14,15)9-4-5-10(12(16,17)18)8(7-9)3-1-2-6-19/h4-5,7,19H,2,6H2. The normalized spacial score (nSPS) is 11.9. The average Bonchev–Trinajstić information content (AvgIpc) is 2.26. The van der Waals surface area contributed by atoms with Gasteiger partial charge in [0.1, 0.15) is 0 Å². The summed E-state index contributed by atoms with van der Waals surface area (Å²) >= 11 is 0. The molecule has 0 unspecified atom stereocenters. The van der Waals surface area contributed by atoms with E-state index in [1.807, 2.05) is 5.92 Å². The second-order valence-electron chi connectivity index (χ2n) is 3.53. The molecule has 0 aliphatic heterocycles.